The summed E-state index contributed by atoms with van der Waals surface area (Å²) in [4.78, 5) is 4.53. The van der Waals surface area contributed by atoms with Crippen LogP contribution >= 0.6 is 15.9 Å². The molecule has 1 atom stereocenters. The highest BCUT2D eigenvalue weighted by atomic mass is 79.9. The van der Waals surface area contributed by atoms with Gasteiger partial charge in [-0.25, -0.2) is 4.98 Å². The van der Waals surface area contributed by atoms with Crippen molar-refractivity contribution in [3.8, 4) is 0 Å². The lowest BCUT2D eigenvalue weighted by atomic mass is 9.91. The number of imidazole rings is 1. The minimum absolute atomic E-state index is 0.220. The Bertz CT molecular complexity index is 575. The summed E-state index contributed by atoms with van der Waals surface area (Å²) >= 11 is 3.34. The van der Waals surface area contributed by atoms with Crippen molar-refractivity contribution >= 4 is 15.9 Å². The maximum absolute atomic E-state index is 5.57. The van der Waals surface area contributed by atoms with E-state index < -0.39 is 0 Å². The molecule has 0 aliphatic carbocycles. The van der Waals surface area contributed by atoms with E-state index >= 15 is 0 Å². The van der Waals surface area contributed by atoms with Crippen molar-refractivity contribution in [3.63, 3.8) is 0 Å². The Morgan fingerprint density at radius 2 is 2.24 bits per heavy atom. The van der Waals surface area contributed by atoms with Crippen LogP contribution in [0.5, 0.6) is 0 Å². The number of aryl methyl sites for hydroxylation is 1. The third-order valence-electron chi connectivity index (χ3n) is 4.00. The molecule has 0 spiro atoms. The van der Waals surface area contributed by atoms with Crippen LogP contribution in [0.2, 0.25) is 0 Å². The molecule has 0 aromatic carbocycles. The summed E-state index contributed by atoms with van der Waals surface area (Å²) in [6, 6.07) is 4.12. The number of ether oxygens (including phenoxy) is 1. The van der Waals surface area contributed by atoms with E-state index in [1.165, 1.54) is 0 Å². The van der Waals surface area contributed by atoms with E-state index in [1.807, 2.05) is 31.6 Å². The van der Waals surface area contributed by atoms with E-state index in [-0.39, 0.29) is 6.04 Å². The lowest BCUT2D eigenvalue weighted by molar-refractivity contribution is 0.0515. The number of halogens is 1. The zero-order chi connectivity index (χ0) is 14.7. The zero-order valence-corrected chi connectivity index (χ0v) is 13.7. The average molecular weight is 354 g/mol. The van der Waals surface area contributed by atoms with Crippen LogP contribution < -0.4 is 5.32 Å². The zero-order valence-electron chi connectivity index (χ0n) is 12.1. The molecule has 1 N–H and O–H groups in total. The Morgan fingerprint density at radius 1 is 1.43 bits per heavy atom. The number of hydrogen-bond donors (Lipinski definition) is 1. The maximum Gasteiger partial charge on any atom is 0.169 e. The second-order valence-electron chi connectivity index (χ2n) is 5.41. The predicted octanol–water partition coefficient (Wildman–Crippen LogP) is 3.03. The molecule has 0 bridgehead atoms. The van der Waals surface area contributed by atoms with Gasteiger partial charge in [0.05, 0.1) is 12.6 Å². The quantitative estimate of drug-likeness (QED) is 0.897. The molecule has 0 saturated carbocycles. The number of hydrogen-bond acceptors (Lipinski definition) is 4. The molecule has 1 fully saturated rings. The van der Waals surface area contributed by atoms with Crippen LogP contribution in [-0.4, -0.2) is 22.8 Å². The van der Waals surface area contributed by atoms with Gasteiger partial charge in [0, 0.05) is 32.7 Å². The summed E-state index contributed by atoms with van der Waals surface area (Å²) in [5.41, 5.74) is 0. The van der Waals surface area contributed by atoms with Crippen LogP contribution in [0, 0.1) is 5.92 Å². The van der Waals surface area contributed by atoms with E-state index in [0.717, 1.165) is 42.3 Å². The largest absolute Gasteiger partial charge is 0.453 e. The molecule has 1 aliphatic heterocycles. The van der Waals surface area contributed by atoms with Gasteiger partial charge in [-0.3, -0.25) is 0 Å². The van der Waals surface area contributed by atoms with Gasteiger partial charge in [-0.1, -0.05) is 0 Å². The van der Waals surface area contributed by atoms with Gasteiger partial charge < -0.3 is 19.0 Å². The first-order valence-corrected chi connectivity index (χ1v) is 8.06. The highest BCUT2D eigenvalue weighted by molar-refractivity contribution is 9.10. The first kappa shape index (κ1) is 14.8. The molecule has 1 saturated heterocycles. The average Bonchev–Trinajstić information content (AvgIpc) is 3.10. The van der Waals surface area contributed by atoms with Gasteiger partial charge in [-0.05, 0) is 46.8 Å². The van der Waals surface area contributed by atoms with Gasteiger partial charge in [0.25, 0.3) is 0 Å². The molecule has 3 heterocycles. The molecule has 2 aromatic heterocycles. The van der Waals surface area contributed by atoms with E-state index in [2.05, 4.69) is 30.8 Å². The Morgan fingerprint density at radius 3 is 2.86 bits per heavy atom. The Balaban J connectivity index is 1.73. The summed E-state index contributed by atoms with van der Waals surface area (Å²) in [6.07, 6.45) is 5.97. The Kier molecular flexibility index (Phi) is 4.77. The number of rotatable bonds is 5. The lowest BCUT2D eigenvalue weighted by Crippen LogP contribution is -2.33. The number of aromatic nitrogens is 2. The van der Waals surface area contributed by atoms with Gasteiger partial charge in [0.15, 0.2) is 4.67 Å². The van der Waals surface area contributed by atoms with Gasteiger partial charge in [-0.2, -0.15) is 0 Å². The molecular formula is C15H20BrN3O2. The fourth-order valence-corrected chi connectivity index (χ4v) is 3.19. The molecule has 114 valence electrons. The lowest BCUT2D eigenvalue weighted by Gasteiger charge is -2.30. The van der Waals surface area contributed by atoms with Crippen molar-refractivity contribution < 1.29 is 9.15 Å². The molecule has 2 aromatic rings. The van der Waals surface area contributed by atoms with Crippen LogP contribution in [0.3, 0.4) is 0 Å². The minimum atomic E-state index is 0.220. The normalized spacial score (nSPS) is 18.0. The van der Waals surface area contributed by atoms with Crippen molar-refractivity contribution in [2.45, 2.75) is 25.4 Å². The summed E-state index contributed by atoms with van der Waals surface area (Å²) in [6.45, 7) is 2.36. The summed E-state index contributed by atoms with van der Waals surface area (Å²) in [5, 5.41) is 3.61. The van der Waals surface area contributed by atoms with E-state index in [0.29, 0.717) is 12.5 Å². The molecule has 0 unspecified atom stereocenters. The van der Waals surface area contributed by atoms with Crippen molar-refractivity contribution in [3.05, 3.63) is 40.8 Å². The van der Waals surface area contributed by atoms with E-state index in [9.17, 15) is 0 Å². The second-order valence-corrected chi connectivity index (χ2v) is 6.19. The molecule has 0 radical (unpaired) electrons. The molecule has 1 aliphatic rings. The van der Waals surface area contributed by atoms with Crippen molar-refractivity contribution in [2.75, 3.05) is 13.2 Å². The van der Waals surface area contributed by atoms with E-state index in [4.69, 9.17) is 9.15 Å². The van der Waals surface area contributed by atoms with Crippen molar-refractivity contribution in [1.82, 2.24) is 14.9 Å². The summed E-state index contributed by atoms with van der Waals surface area (Å²) in [5.74, 6) is 2.54. The molecule has 21 heavy (non-hydrogen) atoms. The third-order valence-corrected chi connectivity index (χ3v) is 4.43. The highest BCUT2D eigenvalue weighted by Crippen LogP contribution is 2.29. The van der Waals surface area contributed by atoms with E-state index in [1.54, 1.807) is 0 Å². The van der Waals surface area contributed by atoms with Crippen LogP contribution in [0.25, 0.3) is 0 Å². The number of furan rings is 1. The molecule has 0 amide bonds. The molecule has 6 heteroatoms. The first-order chi connectivity index (χ1) is 10.2. The van der Waals surface area contributed by atoms with Gasteiger partial charge in [-0.15, -0.1) is 0 Å². The standard InChI is InChI=1S/C15H20BrN3O2/c1-19-7-6-17-15(19)14(11-4-8-20-9-5-11)18-10-12-2-3-13(16)21-12/h2-3,6-7,11,14,18H,4-5,8-10H2,1H3/t14-/m1/s1. The van der Waals surface area contributed by atoms with Crippen LogP contribution in [0.1, 0.15) is 30.5 Å². The number of nitrogens with zero attached hydrogens (tertiary/aromatic N) is 2. The Hall–Kier alpha value is -1.11. The van der Waals surface area contributed by atoms with Gasteiger partial charge in [0.1, 0.15) is 11.6 Å². The van der Waals surface area contributed by atoms with Crippen LogP contribution in [-0.2, 0) is 18.3 Å². The maximum atomic E-state index is 5.57. The first-order valence-electron chi connectivity index (χ1n) is 7.26. The topological polar surface area (TPSA) is 52.2 Å². The van der Waals surface area contributed by atoms with Crippen molar-refractivity contribution in [1.29, 1.82) is 0 Å². The van der Waals surface area contributed by atoms with Gasteiger partial charge >= 0.3 is 0 Å². The van der Waals surface area contributed by atoms with Gasteiger partial charge in [0.2, 0.25) is 0 Å². The van der Waals surface area contributed by atoms with Crippen molar-refractivity contribution in [2.24, 2.45) is 13.0 Å². The third kappa shape index (κ3) is 3.56. The highest BCUT2D eigenvalue weighted by Gasteiger charge is 2.28. The summed E-state index contributed by atoms with van der Waals surface area (Å²) < 4.78 is 13.9. The minimum Gasteiger partial charge on any atom is -0.453 e. The predicted molar refractivity (Wildman–Crippen MR) is 82.7 cm³/mol. The fourth-order valence-electron chi connectivity index (χ4n) is 2.85. The SMILES string of the molecule is Cn1ccnc1[C@H](NCc1ccc(Br)o1)C1CCOCC1. The van der Waals surface area contributed by atoms with Crippen LogP contribution in [0.15, 0.2) is 33.6 Å². The second kappa shape index (κ2) is 6.77. The number of nitrogens with one attached hydrogen (secondary N) is 1. The monoisotopic (exact) mass is 353 g/mol. The molecule has 3 rings (SSSR count). The molecular weight excluding hydrogens is 334 g/mol. The fraction of sp³-hybridized carbons (Fsp3) is 0.533. The molecule has 5 nitrogen and oxygen atoms in total. The Labute approximate surface area is 132 Å². The van der Waals surface area contributed by atoms with Crippen LogP contribution in [0.4, 0.5) is 0 Å². The smallest absolute Gasteiger partial charge is 0.169 e. The summed E-state index contributed by atoms with van der Waals surface area (Å²) in [7, 11) is 2.04.